The van der Waals surface area contributed by atoms with Crippen molar-refractivity contribution in [3.8, 4) is 0 Å². The molecule has 8 heteroatoms. The van der Waals surface area contributed by atoms with Crippen LogP contribution in [0.5, 0.6) is 0 Å². The number of carbonyl (C=O) groups excluding carboxylic acids is 2. The predicted molar refractivity (Wildman–Crippen MR) is 63.0 cm³/mol. The summed E-state index contributed by atoms with van der Waals surface area (Å²) in [5.74, 6) is -1.57. The standard InChI is InChI=1S/C10H19N3O5/c1-2-4-11-8(15)3-5-12-10(18)13-6-7(14)9(16)17/h7,14H,2-6H2,1H3,(H,11,15)(H,16,17)(H2,12,13,18). The van der Waals surface area contributed by atoms with Gasteiger partial charge in [-0.25, -0.2) is 9.59 Å². The Kier molecular flexibility index (Phi) is 8.29. The first-order chi connectivity index (χ1) is 8.47. The van der Waals surface area contributed by atoms with Crippen molar-refractivity contribution in [1.82, 2.24) is 16.0 Å². The fourth-order valence-electron chi connectivity index (χ4n) is 0.982. The molecule has 0 heterocycles. The quantitative estimate of drug-likeness (QED) is 0.369. The summed E-state index contributed by atoms with van der Waals surface area (Å²) in [6.45, 7) is 2.28. The smallest absolute Gasteiger partial charge is 0.334 e. The molecule has 0 aliphatic rings. The molecule has 5 N–H and O–H groups in total. The van der Waals surface area contributed by atoms with Gasteiger partial charge in [0.2, 0.25) is 5.91 Å². The summed E-state index contributed by atoms with van der Waals surface area (Å²) in [4.78, 5) is 32.5. The molecular formula is C10H19N3O5. The van der Waals surface area contributed by atoms with Crippen LogP contribution in [-0.2, 0) is 9.59 Å². The van der Waals surface area contributed by atoms with Crippen molar-refractivity contribution in [2.75, 3.05) is 19.6 Å². The summed E-state index contributed by atoms with van der Waals surface area (Å²) in [7, 11) is 0. The lowest BCUT2D eigenvalue weighted by Gasteiger charge is -2.09. The van der Waals surface area contributed by atoms with Gasteiger partial charge in [-0.2, -0.15) is 0 Å². The highest BCUT2D eigenvalue weighted by Gasteiger charge is 2.13. The maximum absolute atomic E-state index is 11.1. The third-order valence-electron chi connectivity index (χ3n) is 1.95. The van der Waals surface area contributed by atoms with E-state index in [2.05, 4.69) is 16.0 Å². The number of carboxylic acids is 1. The zero-order valence-electron chi connectivity index (χ0n) is 10.2. The van der Waals surface area contributed by atoms with E-state index in [1.165, 1.54) is 0 Å². The van der Waals surface area contributed by atoms with Crippen LogP contribution in [0.2, 0.25) is 0 Å². The average molecular weight is 261 g/mol. The van der Waals surface area contributed by atoms with Gasteiger partial charge in [0.05, 0.1) is 6.54 Å². The molecule has 0 aromatic carbocycles. The summed E-state index contributed by atoms with van der Waals surface area (Å²) in [6, 6.07) is -0.626. The van der Waals surface area contributed by atoms with Gasteiger partial charge in [-0.3, -0.25) is 4.79 Å². The number of hydrogen-bond acceptors (Lipinski definition) is 4. The van der Waals surface area contributed by atoms with Gasteiger partial charge in [0.15, 0.2) is 6.10 Å². The summed E-state index contributed by atoms with van der Waals surface area (Å²) in [5, 5.41) is 24.4. The van der Waals surface area contributed by atoms with Gasteiger partial charge in [-0.15, -0.1) is 0 Å². The van der Waals surface area contributed by atoms with Crippen LogP contribution in [0, 0.1) is 0 Å². The van der Waals surface area contributed by atoms with Crippen molar-refractivity contribution >= 4 is 17.9 Å². The van der Waals surface area contributed by atoms with Gasteiger partial charge in [-0.05, 0) is 6.42 Å². The third-order valence-corrected chi connectivity index (χ3v) is 1.95. The highest BCUT2D eigenvalue weighted by molar-refractivity contribution is 5.78. The van der Waals surface area contributed by atoms with E-state index in [-0.39, 0.29) is 25.4 Å². The minimum Gasteiger partial charge on any atom is -0.479 e. The minimum atomic E-state index is -1.64. The van der Waals surface area contributed by atoms with E-state index in [1.807, 2.05) is 6.92 Å². The highest BCUT2D eigenvalue weighted by Crippen LogP contribution is 1.81. The average Bonchev–Trinajstić information content (AvgIpc) is 2.33. The number of carboxylic acid groups (broad SMARTS) is 1. The van der Waals surface area contributed by atoms with Gasteiger partial charge < -0.3 is 26.2 Å². The second-order valence-electron chi connectivity index (χ2n) is 3.59. The molecule has 0 radical (unpaired) electrons. The number of aliphatic hydroxyl groups is 1. The van der Waals surface area contributed by atoms with E-state index in [4.69, 9.17) is 10.2 Å². The van der Waals surface area contributed by atoms with Crippen LogP contribution in [0.25, 0.3) is 0 Å². The van der Waals surface area contributed by atoms with Gasteiger partial charge in [0.1, 0.15) is 0 Å². The first kappa shape index (κ1) is 16.2. The molecule has 0 fully saturated rings. The number of nitrogens with one attached hydrogen (secondary N) is 3. The number of hydrogen-bond donors (Lipinski definition) is 5. The molecule has 0 aliphatic heterocycles. The maximum atomic E-state index is 11.1. The lowest BCUT2D eigenvalue weighted by Crippen LogP contribution is -2.43. The molecule has 0 aliphatic carbocycles. The molecule has 0 saturated heterocycles. The van der Waals surface area contributed by atoms with Crippen LogP contribution < -0.4 is 16.0 Å². The largest absolute Gasteiger partial charge is 0.479 e. The first-order valence-electron chi connectivity index (χ1n) is 5.66. The number of carbonyl (C=O) groups is 3. The van der Waals surface area contributed by atoms with Crippen LogP contribution >= 0.6 is 0 Å². The van der Waals surface area contributed by atoms with Crippen LogP contribution in [0.3, 0.4) is 0 Å². The number of aliphatic carboxylic acids is 1. The van der Waals surface area contributed by atoms with Crippen LogP contribution in [0.4, 0.5) is 4.79 Å². The van der Waals surface area contributed by atoms with E-state index >= 15 is 0 Å². The lowest BCUT2D eigenvalue weighted by atomic mass is 10.3. The van der Waals surface area contributed by atoms with Gasteiger partial charge >= 0.3 is 12.0 Å². The molecule has 8 nitrogen and oxygen atoms in total. The van der Waals surface area contributed by atoms with Crippen molar-refractivity contribution < 1.29 is 24.6 Å². The second kappa shape index (κ2) is 9.23. The van der Waals surface area contributed by atoms with E-state index < -0.39 is 18.1 Å². The molecule has 1 atom stereocenters. The minimum absolute atomic E-state index is 0.143. The number of amides is 3. The van der Waals surface area contributed by atoms with Crippen LogP contribution in [0.1, 0.15) is 19.8 Å². The normalized spacial score (nSPS) is 11.4. The van der Waals surface area contributed by atoms with Crippen LogP contribution in [-0.4, -0.2) is 53.9 Å². The fourth-order valence-corrected chi connectivity index (χ4v) is 0.982. The Morgan fingerprint density at radius 2 is 1.78 bits per heavy atom. The Morgan fingerprint density at radius 3 is 2.33 bits per heavy atom. The van der Waals surface area contributed by atoms with Gasteiger partial charge in [-0.1, -0.05) is 6.92 Å². The molecule has 18 heavy (non-hydrogen) atoms. The summed E-state index contributed by atoms with van der Waals surface area (Å²) in [6.07, 6.45) is -0.648. The monoisotopic (exact) mass is 261 g/mol. The molecule has 0 bridgehead atoms. The Labute approximate surface area is 105 Å². The second-order valence-corrected chi connectivity index (χ2v) is 3.59. The van der Waals surface area contributed by atoms with Crippen molar-refractivity contribution in [3.05, 3.63) is 0 Å². The fraction of sp³-hybridized carbons (Fsp3) is 0.700. The molecule has 104 valence electrons. The first-order valence-corrected chi connectivity index (χ1v) is 5.66. The predicted octanol–water partition coefficient (Wildman–Crippen LogP) is -1.35. The molecular weight excluding hydrogens is 242 g/mol. The lowest BCUT2D eigenvalue weighted by molar-refractivity contribution is -0.146. The molecule has 0 aromatic rings. The van der Waals surface area contributed by atoms with Crippen molar-refractivity contribution in [2.24, 2.45) is 0 Å². The molecule has 0 aromatic heterocycles. The molecule has 1 unspecified atom stereocenters. The third kappa shape index (κ3) is 8.34. The van der Waals surface area contributed by atoms with Crippen molar-refractivity contribution in [2.45, 2.75) is 25.9 Å². The topological polar surface area (TPSA) is 128 Å². The summed E-state index contributed by atoms with van der Waals surface area (Å²) < 4.78 is 0. The van der Waals surface area contributed by atoms with Crippen molar-refractivity contribution in [1.29, 1.82) is 0 Å². The van der Waals surface area contributed by atoms with E-state index in [1.54, 1.807) is 0 Å². The van der Waals surface area contributed by atoms with Crippen molar-refractivity contribution in [3.63, 3.8) is 0 Å². The van der Waals surface area contributed by atoms with Gasteiger partial charge in [0, 0.05) is 19.5 Å². The number of rotatable bonds is 8. The Balaban J connectivity index is 3.59. The molecule has 3 amide bonds. The van der Waals surface area contributed by atoms with E-state index in [9.17, 15) is 14.4 Å². The Bertz CT molecular complexity index is 295. The Hall–Kier alpha value is -1.83. The molecule has 0 spiro atoms. The number of urea groups is 1. The molecule has 0 rings (SSSR count). The van der Waals surface area contributed by atoms with Gasteiger partial charge in [0.25, 0.3) is 0 Å². The zero-order chi connectivity index (χ0) is 14.0. The SMILES string of the molecule is CCCNC(=O)CCNC(=O)NCC(O)C(=O)O. The zero-order valence-corrected chi connectivity index (χ0v) is 10.2. The Morgan fingerprint density at radius 1 is 1.11 bits per heavy atom. The summed E-state index contributed by atoms with van der Waals surface area (Å²) in [5.41, 5.74) is 0. The van der Waals surface area contributed by atoms with E-state index in [0.717, 1.165) is 6.42 Å². The molecule has 0 saturated carbocycles. The summed E-state index contributed by atoms with van der Waals surface area (Å²) >= 11 is 0. The maximum Gasteiger partial charge on any atom is 0.334 e. The van der Waals surface area contributed by atoms with E-state index in [0.29, 0.717) is 6.54 Å². The highest BCUT2D eigenvalue weighted by atomic mass is 16.4. The van der Waals surface area contributed by atoms with Crippen LogP contribution in [0.15, 0.2) is 0 Å². The number of aliphatic hydroxyl groups excluding tert-OH is 1.